The zero-order valence-electron chi connectivity index (χ0n) is 15.0. The van der Waals surface area contributed by atoms with Gasteiger partial charge in [0.1, 0.15) is 11.2 Å². The maximum absolute atomic E-state index is 9.51. The molecule has 26 heavy (non-hydrogen) atoms. The molecular weight excluding hydrogens is 342 g/mol. The topological polar surface area (TPSA) is 49.2 Å². The van der Waals surface area contributed by atoms with E-state index in [4.69, 9.17) is 4.74 Å². The van der Waals surface area contributed by atoms with E-state index in [9.17, 15) is 5.26 Å². The second-order valence-electron chi connectivity index (χ2n) is 7.16. The lowest BCUT2D eigenvalue weighted by molar-refractivity contribution is 0.0184. The molecule has 1 aromatic heterocycles. The number of hydrogen-bond acceptors (Lipinski definition) is 5. The fraction of sp³-hybridized carbons (Fsp3) is 0.429. The lowest BCUT2D eigenvalue weighted by Gasteiger charge is -2.51. The van der Waals surface area contributed by atoms with E-state index in [2.05, 4.69) is 34.0 Å². The van der Waals surface area contributed by atoms with Crippen LogP contribution in [0.25, 0.3) is 10.9 Å². The smallest absolute Gasteiger partial charge is 0.134 e. The summed E-state index contributed by atoms with van der Waals surface area (Å²) >= 11 is 1.38. The number of piperidine rings is 3. The molecule has 2 aromatic rings. The molecule has 2 unspecified atom stereocenters. The van der Waals surface area contributed by atoms with Crippen molar-refractivity contribution in [1.82, 2.24) is 9.88 Å². The van der Waals surface area contributed by atoms with Crippen LogP contribution in [0.4, 0.5) is 0 Å². The number of rotatable bonds is 5. The molecule has 3 saturated heterocycles. The standard InChI is InChI=1S/C21H23N3OS/c1-3-14-12-24-9-7-15(14)10-20(24)21(26-13-22)17-6-8-23-19-5-4-16(25-2)11-18(17)19/h3-6,8,11,14-15,20-21H,1,7,9-10,12H2,2H3/t14-,15?,20-,21+/m0/s1. The average Bonchev–Trinajstić information content (AvgIpc) is 2.71. The minimum absolute atomic E-state index is 0.117. The fourth-order valence-electron chi connectivity index (χ4n) is 4.62. The largest absolute Gasteiger partial charge is 0.497 e. The molecule has 2 bridgehead atoms. The summed E-state index contributed by atoms with van der Waals surface area (Å²) in [6, 6.07) is 8.43. The third-order valence-electron chi connectivity index (χ3n) is 5.97. The molecule has 5 atom stereocenters. The average molecular weight is 366 g/mol. The van der Waals surface area contributed by atoms with Crippen molar-refractivity contribution in [1.29, 1.82) is 5.26 Å². The van der Waals surface area contributed by atoms with E-state index in [-0.39, 0.29) is 5.25 Å². The Labute approximate surface area is 158 Å². The zero-order chi connectivity index (χ0) is 18.1. The van der Waals surface area contributed by atoms with Gasteiger partial charge in [-0.05, 0) is 72.8 Å². The van der Waals surface area contributed by atoms with Gasteiger partial charge in [-0.25, -0.2) is 0 Å². The number of benzene rings is 1. The van der Waals surface area contributed by atoms with Crippen molar-refractivity contribution in [2.45, 2.75) is 24.1 Å². The number of methoxy groups -OCH3 is 1. The molecule has 5 heteroatoms. The van der Waals surface area contributed by atoms with Crippen LogP contribution in [0.1, 0.15) is 23.7 Å². The summed E-state index contributed by atoms with van der Waals surface area (Å²) in [6.07, 6.45) is 6.34. The van der Waals surface area contributed by atoms with E-state index in [0.29, 0.717) is 17.9 Å². The van der Waals surface area contributed by atoms with Gasteiger partial charge in [0.15, 0.2) is 0 Å². The summed E-state index contributed by atoms with van der Waals surface area (Å²) in [4.78, 5) is 7.07. The van der Waals surface area contributed by atoms with E-state index in [1.165, 1.54) is 23.7 Å². The van der Waals surface area contributed by atoms with Crippen molar-refractivity contribution in [3.63, 3.8) is 0 Å². The molecule has 4 nitrogen and oxygen atoms in total. The van der Waals surface area contributed by atoms with Crippen LogP contribution in [0.5, 0.6) is 5.75 Å². The van der Waals surface area contributed by atoms with E-state index in [1.54, 1.807) is 7.11 Å². The van der Waals surface area contributed by atoms with Gasteiger partial charge in [0.2, 0.25) is 0 Å². The van der Waals surface area contributed by atoms with Crippen molar-refractivity contribution in [3.8, 4) is 11.2 Å². The summed E-state index contributed by atoms with van der Waals surface area (Å²) in [5.74, 6) is 2.10. The van der Waals surface area contributed by atoms with Crippen molar-refractivity contribution in [3.05, 3.63) is 48.7 Å². The molecular formula is C21H23N3OS. The van der Waals surface area contributed by atoms with Crippen LogP contribution in [-0.2, 0) is 0 Å². The molecule has 0 N–H and O–H groups in total. The summed E-state index contributed by atoms with van der Waals surface area (Å²) in [7, 11) is 1.68. The van der Waals surface area contributed by atoms with E-state index >= 15 is 0 Å². The molecule has 0 aliphatic carbocycles. The Morgan fingerprint density at radius 2 is 2.35 bits per heavy atom. The van der Waals surface area contributed by atoms with Crippen LogP contribution in [0, 0.1) is 22.5 Å². The molecule has 4 heterocycles. The highest BCUT2D eigenvalue weighted by Gasteiger charge is 2.43. The number of ether oxygens (including phenoxy) is 1. The van der Waals surface area contributed by atoms with Crippen molar-refractivity contribution >= 4 is 22.7 Å². The molecule has 134 valence electrons. The molecule has 1 aromatic carbocycles. The second-order valence-corrected chi connectivity index (χ2v) is 8.09. The maximum Gasteiger partial charge on any atom is 0.134 e. The summed E-state index contributed by atoms with van der Waals surface area (Å²) in [5.41, 5.74) is 2.14. The van der Waals surface area contributed by atoms with E-state index < -0.39 is 0 Å². The van der Waals surface area contributed by atoms with E-state index in [1.807, 2.05) is 24.4 Å². The molecule has 0 spiro atoms. The van der Waals surface area contributed by atoms with E-state index in [0.717, 1.165) is 36.2 Å². The van der Waals surface area contributed by atoms with Gasteiger partial charge in [-0.3, -0.25) is 9.88 Å². The van der Waals surface area contributed by atoms with Crippen molar-refractivity contribution in [2.24, 2.45) is 11.8 Å². The third kappa shape index (κ3) is 2.98. The van der Waals surface area contributed by atoms with Crippen LogP contribution < -0.4 is 4.74 Å². The molecule has 3 fully saturated rings. The molecule has 5 rings (SSSR count). The Morgan fingerprint density at radius 3 is 3.04 bits per heavy atom. The van der Waals surface area contributed by atoms with Gasteiger partial charge in [0, 0.05) is 24.2 Å². The van der Waals surface area contributed by atoms with Gasteiger partial charge in [-0.1, -0.05) is 6.08 Å². The van der Waals surface area contributed by atoms with Crippen LogP contribution in [-0.4, -0.2) is 36.1 Å². The number of nitrogens with zero attached hydrogens (tertiary/aromatic N) is 3. The summed E-state index contributed by atoms with van der Waals surface area (Å²) < 4.78 is 5.42. The molecule has 3 aliphatic rings. The Morgan fingerprint density at radius 1 is 1.46 bits per heavy atom. The second kappa shape index (κ2) is 7.30. The number of aromatic nitrogens is 1. The first kappa shape index (κ1) is 17.4. The molecule has 0 radical (unpaired) electrons. The number of nitriles is 1. The van der Waals surface area contributed by atoms with Gasteiger partial charge in [0.05, 0.1) is 17.9 Å². The quantitative estimate of drug-likeness (QED) is 0.581. The lowest BCUT2D eigenvalue weighted by Crippen LogP contribution is -2.54. The van der Waals surface area contributed by atoms with Gasteiger partial charge in [0.25, 0.3) is 0 Å². The van der Waals surface area contributed by atoms with Crippen LogP contribution in [0.2, 0.25) is 0 Å². The highest BCUT2D eigenvalue weighted by atomic mass is 32.2. The minimum atomic E-state index is 0.117. The predicted octanol–water partition coefficient (Wildman–Crippen LogP) is 4.40. The Bertz CT molecular complexity index is 862. The lowest BCUT2D eigenvalue weighted by atomic mass is 9.74. The number of fused-ring (bicyclic) bond motifs is 4. The SMILES string of the molecule is C=C[C@H]1CN2CCC1C[C@H]2[C@H](SC#N)c1ccnc2ccc(OC)cc12. The Hall–Kier alpha value is -2.03. The van der Waals surface area contributed by atoms with Gasteiger partial charge < -0.3 is 4.74 Å². The van der Waals surface area contributed by atoms with Crippen molar-refractivity contribution < 1.29 is 4.74 Å². The van der Waals surface area contributed by atoms with Gasteiger partial charge in [-0.15, -0.1) is 6.58 Å². The third-order valence-corrected chi connectivity index (χ3v) is 6.90. The Balaban J connectivity index is 1.75. The summed E-state index contributed by atoms with van der Waals surface area (Å²) in [5, 5.41) is 13.1. The first-order valence-corrected chi connectivity index (χ1v) is 9.97. The Kier molecular flexibility index (Phi) is 4.88. The first-order chi connectivity index (χ1) is 12.7. The van der Waals surface area contributed by atoms with Crippen molar-refractivity contribution in [2.75, 3.05) is 20.2 Å². The first-order valence-electron chi connectivity index (χ1n) is 9.09. The molecule has 3 aliphatic heterocycles. The van der Waals surface area contributed by atoms with Crippen LogP contribution in [0.3, 0.4) is 0 Å². The number of hydrogen-bond donors (Lipinski definition) is 0. The van der Waals surface area contributed by atoms with Gasteiger partial charge >= 0.3 is 0 Å². The molecule has 0 saturated carbocycles. The number of thioether (sulfide) groups is 1. The van der Waals surface area contributed by atoms with Crippen LogP contribution >= 0.6 is 11.8 Å². The van der Waals surface area contributed by atoms with Crippen LogP contribution in [0.15, 0.2) is 43.1 Å². The number of thiocyanates is 1. The molecule has 0 amide bonds. The highest BCUT2D eigenvalue weighted by molar-refractivity contribution is 8.04. The normalized spacial score (nSPS) is 28.5. The zero-order valence-corrected chi connectivity index (χ0v) is 15.8. The highest BCUT2D eigenvalue weighted by Crippen LogP contribution is 2.47. The monoisotopic (exact) mass is 365 g/mol. The number of pyridine rings is 1. The minimum Gasteiger partial charge on any atom is -0.497 e. The summed E-state index contributed by atoms with van der Waals surface area (Å²) in [6.45, 7) is 6.20. The predicted molar refractivity (Wildman–Crippen MR) is 106 cm³/mol. The maximum atomic E-state index is 9.51. The van der Waals surface area contributed by atoms with Gasteiger partial charge in [-0.2, -0.15) is 5.26 Å². The fourth-order valence-corrected chi connectivity index (χ4v) is 5.51.